The minimum atomic E-state index is -0.0394. The number of hydrogen-bond donors (Lipinski definition) is 1. The van der Waals surface area contributed by atoms with Crippen molar-refractivity contribution in [2.75, 3.05) is 0 Å². The summed E-state index contributed by atoms with van der Waals surface area (Å²) in [4.78, 5) is 0. The Morgan fingerprint density at radius 2 is 2.06 bits per heavy atom. The molecule has 16 heavy (non-hydrogen) atoms. The van der Waals surface area contributed by atoms with Crippen LogP contribution in [0.5, 0.6) is 0 Å². The van der Waals surface area contributed by atoms with E-state index in [0.29, 0.717) is 5.92 Å². The molecule has 4 nitrogen and oxygen atoms in total. The lowest BCUT2D eigenvalue weighted by atomic mass is 10.0. The van der Waals surface area contributed by atoms with E-state index in [2.05, 4.69) is 24.0 Å². The number of hydrogen-bond acceptors (Lipinski definition) is 3. The number of nitrogens with two attached hydrogens (primary N) is 1. The predicted molar refractivity (Wildman–Crippen MR) is 66.6 cm³/mol. The van der Waals surface area contributed by atoms with Gasteiger partial charge >= 0.3 is 0 Å². The molecule has 0 aliphatic carbocycles. The van der Waals surface area contributed by atoms with Crippen LogP contribution in [0.4, 0.5) is 0 Å². The summed E-state index contributed by atoms with van der Waals surface area (Å²) in [5.41, 5.74) is 6.94. The standard InChI is InChI=1S/C11H16N4.ClH/c1-8(2)7-9(12)11-14-13-10-5-3-4-6-15(10)11;/h3-6,8-9H,7,12H2,1-2H3;1H/t9-;/m0./s1. The summed E-state index contributed by atoms with van der Waals surface area (Å²) in [7, 11) is 0. The number of rotatable bonds is 3. The van der Waals surface area contributed by atoms with Crippen LogP contribution in [-0.2, 0) is 0 Å². The average Bonchev–Trinajstić information content (AvgIpc) is 2.59. The smallest absolute Gasteiger partial charge is 0.160 e. The third kappa shape index (κ3) is 2.51. The van der Waals surface area contributed by atoms with Crippen molar-refractivity contribution in [3.8, 4) is 0 Å². The molecular weight excluding hydrogens is 224 g/mol. The maximum absolute atomic E-state index is 6.08. The lowest BCUT2D eigenvalue weighted by Gasteiger charge is -2.11. The summed E-state index contributed by atoms with van der Waals surface area (Å²) in [6, 6.07) is 5.80. The Bertz CT molecular complexity index is 452. The molecular formula is C11H17ClN4. The first-order valence-electron chi connectivity index (χ1n) is 5.23. The topological polar surface area (TPSA) is 56.2 Å². The van der Waals surface area contributed by atoms with Gasteiger partial charge in [-0.3, -0.25) is 4.40 Å². The number of nitrogens with zero attached hydrogens (tertiary/aromatic N) is 3. The van der Waals surface area contributed by atoms with Gasteiger partial charge in [-0.1, -0.05) is 19.9 Å². The molecule has 2 heterocycles. The summed E-state index contributed by atoms with van der Waals surface area (Å²) in [5, 5.41) is 8.22. The van der Waals surface area contributed by atoms with Gasteiger partial charge in [0.05, 0.1) is 6.04 Å². The molecule has 0 aromatic carbocycles. The van der Waals surface area contributed by atoms with Gasteiger partial charge in [-0.05, 0) is 24.5 Å². The molecule has 0 saturated carbocycles. The lowest BCUT2D eigenvalue weighted by molar-refractivity contribution is 0.490. The zero-order valence-electron chi connectivity index (χ0n) is 9.50. The van der Waals surface area contributed by atoms with Crippen molar-refractivity contribution in [2.24, 2.45) is 11.7 Å². The van der Waals surface area contributed by atoms with Crippen LogP contribution >= 0.6 is 12.4 Å². The van der Waals surface area contributed by atoms with Gasteiger partial charge < -0.3 is 5.73 Å². The summed E-state index contributed by atoms with van der Waals surface area (Å²) >= 11 is 0. The minimum absolute atomic E-state index is 0. The largest absolute Gasteiger partial charge is 0.321 e. The zero-order chi connectivity index (χ0) is 10.8. The monoisotopic (exact) mass is 240 g/mol. The van der Waals surface area contributed by atoms with Crippen molar-refractivity contribution in [1.29, 1.82) is 0 Å². The van der Waals surface area contributed by atoms with E-state index in [1.165, 1.54) is 0 Å². The van der Waals surface area contributed by atoms with Gasteiger partial charge in [0.1, 0.15) is 0 Å². The summed E-state index contributed by atoms with van der Waals surface area (Å²) in [6.07, 6.45) is 2.88. The molecule has 0 unspecified atom stereocenters. The third-order valence-corrected chi connectivity index (χ3v) is 2.40. The zero-order valence-corrected chi connectivity index (χ0v) is 10.3. The van der Waals surface area contributed by atoms with Crippen LogP contribution in [0, 0.1) is 5.92 Å². The quantitative estimate of drug-likeness (QED) is 0.895. The van der Waals surface area contributed by atoms with Crippen LogP contribution in [0.25, 0.3) is 5.65 Å². The van der Waals surface area contributed by atoms with E-state index in [1.807, 2.05) is 28.8 Å². The van der Waals surface area contributed by atoms with Crippen LogP contribution < -0.4 is 5.73 Å². The molecule has 88 valence electrons. The average molecular weight is 241 g/mol. The highest BCUT2D eigenvalue weighted by molar-refractivity contribution is 5.85. The molecule has 1 atom stereocenters. The van der Waals surface area contributed by atoms with E-state index in [-0.39, 0.29) is 18.4 Å². The van der Waals surface area contributed by atoms with Crippen molar-refractivity contribution in [1.82, 2.24) is 14.6 Å². The third-order valence-electron chi connectivity index (χ3n) is 2.40. The Morgan fingerprint density at radius 3 is 2.75 bits per heavy atom. The second-order valence-electron chi connectivity index (χ2n) is 4.22. The van der Waals surface area contributed by atoms with E-state index in [4.69, 9.17) is 5.73 Å². The highest BCUT2D eigenvalue weighted by atomic mass is 35.5. The second kappa shape index (κ2) is 5.27. The van der Waals surface area contributed by atoms with Crippen LogP contribution in [-0.4, -0.2) is 14.6 Å². The molecule has 5 heteroatoms. The molecule has 2 rings (SSSR count). The van der Waals surface area contributed by atoms with E-state index in [9.17, 15) is 0 Å². The van der Waals surface area contributed by atoms with E-state index in [0.717, 1.165) is 17.9 Å². The van der Waals surface area contributed by atoms with Gasteiger partial charge in [-0.25, -0.2) is 0 Å². The molecule has 2 aromatic rings. The van der Waals surface area contributed by atoms with Crippen molar-refractivity contribution in [2.45, 2.75) is 26.3 Å². The van der Waals surface area contributed by atoms with E-state index in [1.54, 1.807) is 0 Å². The predicted octanol–water partition coefficient (Wildman–Crippen LogP) is 2.20. The molecule has 2 N–H and O–H groups in total. The molecule has 0 fully saturated rings. The van der Waals surface area contributed by atoms with Gasteiger partial charge in [-0.15, -0.1) is 22.6 Å². The first-order valence-corrected chi connectivity index (χ1v) is 5.23. The maximum Gasteiger partial charge on any atom is 0.160 e. The van der Waals surface area contributed by atoms with E-state index >= 15 is 0 Å². The Labute approximate surface area is 101 Å². The summed E-state index contributed by atoms with van der Waals surface area (Å²) in [5.74, 6) is 1.41. The molecule has 0 aliphatic heterocycles. The Hall–Kier alpha value is -1.13. The van der Waals surface area contributed by atoms with Gasteiger partial charge in [0.15, 0.2) is 11.5 Å². The Morgan fingerprint density at radius 1 is 1.31 bits per heavy atom. The first kappa shape index (κ1) is 12.9. The highest BCUT2D eigenvalue weighted by Gasteiger charge is 2.14. The number of fused-ring (bicyclic) bond motifs is 1. The first-order chi connectivity index (χ1) is 7.18. The van der Waals surface area contributed by atoms with Crippen molar-refractivity contribution >= 4 is 18.1 Å². The van der Waals surface area contributed by atoms with Crippen LogP contribution in [0.15, 0.2) is 24.4 Å². The Balaban J connectivity index is 0.00000128. The van der Waals surface area contributed by atoms with Crippen molar-refractivity contribution < 1.29 is 0 Å². The van der Waals surface area contributed by atoms with Crippen LogP contribution in [0.2, 0.25) is 0 Å². The number of aromatic nitrogens is 3. The molecule has 0 bridgehead atoms. The van der Waals surface area contributed by atoms with Crippen molar-refractivity contribution in [3.05, 3.63) is 30.2 Å². The summed E-state index contributed by atoms with van der Waals surface area (Å²) in [6.45, 7) is 4.31. The molecule has 0 radical (unpaired) electrons. The van der Waals surface area contributed by atoms with E-state index < -0.39 is 0 Å². The minimum Gasteiger partial charge on any atom is -0.321 e. The highest BCUT2D eigenvalue weighted by Crippen LogP contribution is 2.17. The normalized spacial score (nSPS) is 12.8. The Kier molecular flexibility index (Phi) is 4.26. The summed E-state index contributed by atoms with van der Waals surface area (Å²) < 4.78 is 1.95. The van der Waals surface area contributed by atoms with Crippen LogP contribution in [0.1, 0.15) is 32.1 Å². The maximum atomic E-state index is 6.08. The second-order valence-corrected chi connectivity index (χ2v) is 4.22. The van der Waals surface area contributed by atoms with Gasteiger partial charge in [0, 0.05) is 6.20 Å². The molecule has 0 saturated heterocycles. The number of halogens is 1. The molecule has 0 amide bonds. The van der Waals surface area contributed by atoms with Gasteiger partial charge in [0.2, 0.25) is 0 Å². The molecule has 0 spiro atoms. The molecule has 2 aromatic heterocycles. The lowest BCUT2D eigenvalue weighted by Crippen LogP contribution is -2.16. The number of pyridine rings is 1. The van der Waals surface area contributed by atoms with Crippen molar-refractivity contribution in [3.63, 3.8) is 0 Å². The SMILES string of the molecule is CC(C)C[C@H](N)c1nnc2ccccn12.Cl. The fraction of sp³-hybridized carbons (Fsp3) is 0.455. The molecule has 0 aliphatic rings. The van der Waals surface area contributed by atoms with Gasteiger partial charge in [-0.2, -0.15) is 0 Å². The van der Waals surface area contributed by atoms with Crippen LogP contribution in [0.3, 0.4) is 0 Å². The fourth-order valence-electron chi connectivity index (χ4n) is 1.73. The fourth-order valence-corrected chi connectivity index (χ4v) is 1.73. The van der Waals surface area contributed by atoms with Gasteiger partial charge in [0.25, 0.3) is 0 Å².